The highest BCUT2D eigenvalue weighted by atomic mass is 16.5. The van der Waals surface area contributed by atoms with Crippen molar-refractivity contribution < 1.29 is 19.2 Å². The van der Waals surface area contributed by atoms with Crippen LogP contribution in [-0.4, -0.2) is 22.0 Å². The predicted octanol–water partition coefficient (Wildman–Crippen LogP) is 2.06. The molecule has 0 spiro atoms. The number of carbonyl (C=O) groups is 2. The third-order valence-corrected chi connectivity index (χ3v) is 6.15. The van der Waals surface area contributed by atoms with Crippen molar-refractivity contribution in [1.82, 2.24) is 15.6 Å². The standard InChI is InChI=1S/C19H32N4O4/c1-18(2,3)19(9-5-4-6-10-19)11-7-8-13(12-14(24)25)17-21-15(23-27-17)16(26)22-20/h13H,4-12,20H2,1-3H3,(H,22,26)(H,24,25)/p-1. The van der Waals surface area contributed by atoms with Gasteiger partial charge in [-0.05, 0) is 42.9 Å². The Hall–Kier alpha value is -1.96. The number of amides is 1. The first-order chi connectivity index (χ1) is 12.7. The molecule has 0 aliphatic heterocycles. The van der Waals surface area contributed by atoms with Crippen LogP contribution >= 0.6 is 0 Å². The first-order valence-electron chi connectivity index (χ1n) is 9.73. The van der Waals surface area contributed by atoms with Crippen LogP contribution in [0.4, 0.5) is 0 Å². The Morgan fingerprint density at radius 1 is 1.30 bits per heavy atom. The van der Waals surface area contributed by atoms with Crippen molar-refractivity contribution in [3.8, 4) is 0 Å². The number of hydrogen-bond donors (Lipinski definition) is 2. The van der Waals surface area contributed by atoms with E-state index in [1.807, 2.05) is 5.43 Å². The van der Waals surface area contributed by atoms with Gasteiger partial charge in [-0.1, -0.05) is 51.6 Å². The van der Waals surface area contributed by atoms with E-state index in [1.54, 1.807) is 0 Å². The lowest BCUT2D eigenvalue weighted by atomic mass is 9.57. The molecule has 0 radical (unpaired) electrons. The molecule has 0 saturated heterocycles. The van der Waals surface area contributed by atoms with Crippen LogP contribution in [0.15, 0.2) is 4.52 Å². The first-order valence-corrected chi connectivity index (χ1v) is 9.73. The van der Waals surface area contributed by atoms with Crippen molar-refractivity contribution in [2.45, 2.75) is 84.5 Å². The fraction of sp³-hybridized carbons (Fsp3) is 0.789. The van der Waals surface area contributed by atoms with E-state index in [4.69, 9.17) is 10.4 Å². The quantitative estimate of drug-likeness (QED) is 0.401. The Morgan fingerprint density at radius 2 is 1.96 bits per heavy atom. The number of nitrogen functional groups attached to an aromatic ring is 1. The van der Waals surface area contributed by atoms with Crippen LogP contribution in [-0.2, 0) is 4.79 Å². The molecule has 1 atom stereocenters. The molecule has 1 aromatic rings. The molecule has 1 aliphatic carbocycles. The number of carboxylic acid groups (broad SMARTS) is 1. The Labute approximate surface area is 160 Å². The zero-order chi connectivity index (χ0) is 20.1. The summed E-state index contributed by atoms with van der Waals surface area (Å²) >= 11 is 0. The van der Waals surface area contributed by atoms with Gasteiger partial charge in [-0.3, -0.25) is 10.2 Å². The third kappa shape index (κ3) is 5.28. The highest BCUT2D eigenvalue weighted by Crippen LogP contribution is 2.53. The average molecular weight is 379 g/mol. The van der Waals surface area contributed by atoms with Gasteiger partial charge in [0.25, 0.3) is 5.82 Å². The topological polar surface area (TPSA) is 134 Å². The van der Waals surface area contributed by atoms with Crippen LogP contribution in [0, 0.1) is 10.8 Å². The van der Waals surface area contributed by atoms with Gasteiger partial charge in [-0.2, -0.15) is 4.98 Å². The van der Waals surface area contributed by atoms with E-state index >= 15 is 0 Å². The number of aliphatic carboxylic acids is 1. The molecule has 1 aliphatic rings. The molecule has 1 amide bonds. The molecule has 152 valence electrons. The molecule has 8 nitrogen and oxygen atoms in total. The highest BCUT2D eigenvalue weighted by molar-refractivity contribution is 5.89. The lowest BCUT2D eigenvalue weighted by Crippen LogP contribution is -2.37. The molecular formula is C19H31N4O4-. The Morgan fingerprint density at radius 3 is 2.52 bits per heavy atom. The number of aromatic nitrogens is 2. The summed E-state index contributed by atoms with van der Waals surface area (Å²) in [4.78, 5) is 26.7. The fourth-order valence-corrected chi connectivity index (χ4v) is 4.36. The number of nitrogens with two attached hydrogens (primary N) is 1. The second kappa shape index (κ2) is 8.82. The van der Waals surface area contributed by atoms with Crippen LogP contribution in [0.3, 0.4) is 0 Å². The monoisotopic (exact) mass is 379 g/mol. The minimum absolute atomic E-state index is 0.145. The van der Waals surface area contributed by atoms with Gasteiger partial charge in [-0.15, -0.1) is 0 Å². The van der Waals surface area contributed by atoms with Crippen LogP contribution in [0.25, 0.3) is 0 Å². The zero-order valence-electron chi connectivity index (χ0n) is 16.5. The third-order valence-electron chi connectivity index (χ3n) is 6.15. The van der Waals surface area contributed by atoms with Gasteiger partial charge in [-0.25, -0.2) is 5.84 Å². The minimum Gasteiger partial charge on any atom is -0.550 e. The van der Waals surface area contributed by atoms with Crippen LogP contribution in [0.2, 0.25) is 0 Å². The molecule has 1 aromatic heterocycles. The summed E-state index contributed by atoms with van der Waals surface area (Å²) in [5.74, 6) is 2.69. The fourth-order valence-electron chi connectivity index (χ4n) is 4.36. The number of carbonyl (C=O) groups excluding carboxylic acids is 2. The van der Waals surface area contributed by atoms with Crippen molar-refractivity contribution in [3.63, 3.8) is 0 Å². The lowest BCUT2D eigenvalue weighted by molar-refractivity contribution is -0.306. The summed E-state index contributed by atoms with van der Waals surface area (Å²) in [6, 6.07) is 0. The van der Waals surface area contributed by atoms with E-state index in [0.717, 1.165) is 12.8 Å². The van der Waals surface area contributed by atoms with Crippen LogP contribution in [0.5, 0.6) is 0 Å². The Bertz CT molecular complexity index is 644. The molecule has 1 fully saturated rings. The molecule has 2 rings (SSSR count). The molecule has 3 N–H and O–H groups in total. The number of nitrogens with zero attached hydrogens (tertiary/aromatic N) is 2. The summed E-state index contributed by atoms with van der Waals surface area (Å²) < 4.78 is 5.12. The van der Waals surface area contributed by atoms with Gasteiger partial charge >= 0.3 is 5.91 Å². The summed E-state index contributed by atoms with van der Waals surface area (Å²) in [5.41, 5.74) is 2.41. The van der Waals surface area contributed by atoms with Crippen molar-refractivity contribution in [2.75, 3.05) is 0 Å². The second-order valence-corrected chi connectivity index (χ2v) is 8.69. The van der Waals surface area contributed by atoms with Crippen molar-refractivity contribution in [2.24, 2.45) is 16.7 Å². The largest absolute Gasteiger partial charge is 0.550 e. The average Bonchev–Trinajstić information content (AvgIpc) is 3.10. The molecular weight excluding hydrogens is 348 g/mol. The van der Waals surface area contributed by atoms with Crippen molar-refractivity contribution in [1.29, 1.82) is 0 Å². The summed E-state index contributed by atoms with van der Waals surface area (Å²) in [5, 5.41) is 14.7. The predicted molar refractivity (Wildman–Crippen MR) is 97.1 cm³/mol. The van der Waals surface area contributed by atoms with E-state index in [-0.39, 0.29) is 29.0 Å². The second-order valence-electron chi connectivity index (χ2n) is 8.69. The first kappa shape index (κ1) is 21.3. The molecule has 8 heteroatoms. The highest BCUT2D eigenvalue weighted by Gasteiger charge is 2.41. The number of hydrazine groups is 1. The number of hydrogen-bond acceptors (Lipinski definition) is 7. The molecule has 0 bridgehead atoms. The Kier molecular flexibility index (Phi) is 6.97. The molecule has 1 saturated carbocycles. The maximum Gasteiger partial charge on any atom is 0.306 e. The summed E-state index contributed by atoms with van der Waals surface area (Å²) in [6.45, 7) is 6.89. The van der Waals surface area contributed by atoms with Crippen LogP contribution < -0.4 is 16.4 Å². The smallest absolute Gasteiger partial charge is 0.306 e. The van der Waals surface area contributed by atoms with E-state index in [9.17, 15) is 14.7 Å². The number of rotatable bonds is 8. The maximum atomic E-state index is 11.5. The SMILES string of the molecule is CC(C)(C)C1(CCCC(CC(=O)[O-])c2nc(C(=O)NN)no2)CCCCC1. The molecule has 1 heterocycles. The van der Waals surface area contributed by atoms with E-state index in [0.29, 0.717) is 6.42 Å². The molecule has 27 heavy (non-hydrogen) atoms. The number of carboxylic acids is 1. The van der Waals surface area contributed by atoms with Crippen LogP contribution in [0.1, 0.15) is 101 Å². The molecule has 1 unspecified atom stereocenters. The molecule has 0 aromatic carbocycles. The number of nitrogens with one attached hydrogen (secondary N) is 1. The van der Waals surface area contributed by atoms with Gasteiger partial charge in [0, 0.05) is 11.9 Å². The van der Waals surface area contributed by atoms with Gasteiger partial charge in [0.15, 0.2) is 0 Å². The van der Waals surface area contributed by atoms with E-state index in [1.165, 1.54) is 32.1 Å². The van der Waals surface area contributed by atoms with Gasteiger partial charge in [0.2, 0.25) is 5.89 Å². The summed E-state index contributed by atoms with van der Waals surface area (Å²) in [7, 11) is 0. The normalized spacial score (nSPS) is 18.1. The summed E-state index contributed by atoms with van der Waals surface area (Å²) in [6.07, 6.45) is 8.49. The van der Waals surface area contributed by atoms with Gasteiger partial charge in [0.1, 0.15) is 0 Å². The maximum absolute atomic E-state index is 11.5. The minimum atomic E-state index is -1.17. The van der Waals surface area contributed by atoms with Crippen molar-refractivity contribution >= 4 is 11.9 Å². The van der Waals surface area contributed by atoms with E-state index in [2.05, 4.69) is 30.9 Å². The van der Waals surface area contributed by atoms with Gasteiger partial charge < -0.3 is 14.4 Å². The van der Waals surface area contributed by atoms with E-state index < -0.39 is 17.8 Å². The zero-order valence-corrected chi connectivity index (χ0v) is 16.5. The van der Waals surface area contributed by atoms with Crippen molar-refractivity contribution in [3.05, 3.63) is 11.7 Å². The Balaban J connectivity index is 2.06. The lowest BCUT2D eigenvalue weighted by Gasteiger charge is -2.48. The van der Waals surface area contributed by atoms with Gasteiger partial charge in [0.05, 0.1) is 0 Å².